The first-order chi connectivity index (χ1) is 10.9. The molecule has 0 saturated heterocycles. The third-order valence-electron chi connectivity index (χ3n) is 2.53. The summed E-state index contributed by atoms with van der Waals surface area (Å²) in [5, 5.41) is 10.3. The third-order valence-corrected chi connectivity index (χ3v) is 2.53. The summed E-state index contributed by atoms with van der Waals surface area (Å²) in [6.07, 6.45) is 5.95. The van der Waals surface area contributed by atoms with Crippen LogP contribution in [-0.2, 0) is 9.59 Å². The average Bonchev–Trinajstić information content (AvgIpc) is 2.56. The van der Waals surface area contributed by atoms with Crippen LogP contribution in [0.5, 0.6) is 0 Å². The third kappa shape index (κ3) is 9.38. The number of nitrogens with one attached hydrogen (secondary N) is 1. The lowest BCUT2D eigenvalue weighted by molar-refractivity contribution is -0.126. The summed E-state index contributed by atoms with van der Waals surface area (Å²) in [5.74, 6) is -0.998. The van der Waals surface area contributed by atoms with Gasteiger partial charge in [0.1, 0.15) is 0 Å². The largest absolute Gasteiger partial charge is 0.289 e. The monoisotopic (exact) mass is 308 g/mol. The summed E-state index contributed by atoms with van der Waals surface area (Å²) in [5.41, 5.74) is 1.78. The van der Waals surface area contributed by atoms with Crippen molar-refractivity contribution in [2.75, 3.05) is 0 Å². The molecule has 2 amide bonds. The van der Waals surface area contributed by atoms with Gasteiger partial charge in [-0.05, 0) is 19.4 Å². The molecule has 0 bridgehead atoms. The Balaban J connectivity index is 0.000000502. The van der Waals surface area contributed by atoms with Crippen LogP contribution in [0.3, 0.4) is 0 Å². The zero-order valence-corrected chi connectivity index (χ0v) is 13.4. The molecule has 0 heterocycles. The molecule has 118 valence electrons. The van der Waals surface area contributed by atoms with E-state index in [4.69, 9.17) is 5.26 Å². The fourth-order valence-corrected chi connectivity index (χ4v) is 1.21. The van der Waals surface area contributed by atoms with E-state index in [2.05, 4.69) is 18.5 Å². The molecule has 0 unspecified atom stereocenters. The molecule has 0 aliphatic rings. The minimum absolute atomic E-state index is 0.267. The maximum Gasteiger partial charge on any atom is 0.253 e. The van der Waals surface area contributed by atoms with E-state index in [1.165, 1.54) is 30.7 Å². The average molecular weight is 308 g/mol. The van der Waals surface area contributed by atoms with Crippen molar-refractivity contribution in [1.82, 2.24) is 5.32 Å². The maximum atomic E-state index is 11.3. The quantitative estimate of drug-likeness (QED) is 0.525. The molecule has 23 heavy (non-hydrogen) atoms. The van der Waals surface area contributed by atoms with Gasteiger partial charge in [0.05, 0.1) is 6.07 Å². The van der Waals surface area contributed by atoms with Crippen molar-refractivity contribution >= 4 is 17.9 Å². The van der Waals surface area contributed by atoms with Crippen LogP contribution in [0.15, 0.2) is 72.9 Å². The molecule has 0 aromatic heterocycles. The summed E-state index contributed by atoms with van der Waals surface area (Å²) >= 11 is 0. The first-order valence-electron chi connectivity index (χ1n) is 6.84. The predicted molar refractivity (Wildman–Crippen MR) is 93.0 cm³/mol. The van der Waals surface area contributed by atoms with Gasteiger partial charge in [0.15, 0.2) is 0 Å². The number of allylic oxidation sites excluding steroid dienone is 3. The molecule has 0 saturated carbocycles. The van der Waals surface area contributed by atoms with Gasteiger partial charge in [0, 0.05) is 17.2 Å². The highest BCUT2D eigenvalue weighted by molar-refractivity contribution is 6.09. The minimum atomic E-state index is -0.503. The van der Waals surface area contributed by atoms with Crippen molar-refractivity contribution in [3.63, 3.8) is 0 Å². The predicted octanol–water partition coefficient (Wildman–Crippen LogP) is 3.56. The molecule has 0 spiro atoms. The van der Waals surface area contributed by atoms with Gasteiger partial charge in [-0.1, -0.05) is 61.7 Å². The molecule has 1 N–H and O–H groups in total. The SMILES string of the molecule is C=C(C)C(=O)NC(=O)C(C)=CC=CC#N.C=Cc1ccccc1. The Bertz CT molecular complexity index is 662. The molecule has 0 aliphatic carbocycles. The number of nitrogens with zero attached hydrogens (tertiary/aromatic N) is 1. The van der Waals surface area contributed by atoms with Gasteiger partial charge in [-0.3, -0.25) is 14.9 Å². The summed E-state index contributed by atoms with van der Waals surface area (Å²) in [4.78, 5) is 22.4. The molecule has 1 aromatic rings. The number of carbonyl (C=O) groups excluding carboxylic acids is 2. The van der Waals surface area contributed by atoms with E-state index >= 15 is 0 Å². The van der Waals surface area contributed by atoms with Gasteiger partial charge in [-0.15, -0.1) is 0 Å². The van der Waals surface area contributed by atoms with Gasteiger partial charge >= 0.3 is 0 Å². The molecule has 1 rings (SSSR count). The lowest BCUT2D eigenvalue weighted by atomic mass is 10.2. The maximum absolute atomic E-state index is 11.3. The fourth-order valence-electron chi connectivity index (χ4n) is 1.21. The van der Waals surface area contributed by atoms with Crippen molar-refractivity contribution in [3.8, 4) is 6.07 Å². The Labute approximate surface area is 137 Å². The zero-order valence-electron chi connectivity index (χ0n) is 13.4. The molecule has 0 fully saturated rings. The Morgan fingerprint density at radius 2 is 1.78 bits per heavy atom. The number of amides is 2. The number of rotatable bonds is 4. The van der Waals surface area contributed by atoms with Crippen LogP contribution in [-0.4, -0.2) is 11.8 Å². The second kappa shape index (κ2) is 11.5. The molecule has 0 aliphatic heterocycles. The highest BCUT2D eigenvalue weighted by atomic mass is 16.2. The Morgan fingerprint density at radius 1 is 1.17 bits per heavy atom. The van der Waals surface area contributed by atoms with E-state index in [1.54, 1.807) is 13.0 Å². The van der Waals surface area contributed by atoms with Gasteiger partial charge in [0.2, 0.25) is 0 Å². The first-order valence-corrected chi connectivity index (χ1v) is 6.84. The molecular formula is C19H20N2O2. The lowest BCUT2D eigenvalue weighted by Crippen LogP contribution is -2.31. The van der Waals surface area contributed by atoms with Crippen molar-refractivity contribution in [2.24, 2.45) is 0 Å². The van der Waals surface area contributed by atoms with Gasteiger partial charge in [-0.2, -0.15) is 5.26 Å². The van der Waals surface area contributed by atoms with E-state index in [9.17, 15) is 9.59 Å². The van der Waals surface area contributed by atoms with Crippen LogP contribution < -0.4 is 5.32 Å². The Morgan fingerprint density at radius 3 is 2.22 bits per heavy atom. The number of imide groups is 1. The summed E-state index contributed by atoms with van der Waals surface area (Å²) in [7, 11) is 0. The van der Waals surface area contributed by atoms with E-state index in [-0.39, 0.29) is 5.57 Å². The lowest BCUT2D eigenvalue weighted by Gasteiger charge is -2.02. The van der Waals surface area contributed by atoms with E-state index < -0.39 is 11.8 Å². The second-order valence-electron chi connectivity index (χ2n) is 4.52. The van der Waals surface area contributed by atoms with Crippen molar-refractivity contribution in [3.05, 3.63) is 78.4 Å². The Kier molecular flexibility index (Phi) is 9.88. The van der Waals surface area contributed by atoms with E-state index in [0.29, 0.717) is 5.57 Å². The minimum Gasteiger partial charge on any atom is -0.289 e. The molecular weight excluding hydrogens is 288 g/mol. The summed E-state index contributed by atoms with van der Waals surface area (Å²) in [6, 6.07) is 11.8. The standard InChI is InChI=1S/C11H12N2O2.C8H8/c1-8(2)10(14)13-11(15)9(3)6-4-5-7-12;1-2-8-6-4-3-5-7-8/h4-6H,1H2,2-3H3,(H,13,14,15);2-7H,1H2. The fraction of sp³-hybridized carbons (Fsp3) is 0.105. The van der Waals surface area contributed by atoms with Gasteiger partial charge in [0.25, 0.3) is 11.8 Å². The van der Waals surface area contributed by atoms with Crippen molar-refractivity contribution in [1.29, 1.82) is 5.26 Å². The summed E-state index contributed by atoms with van der Waals surface area (Å²) in [6.45, 7) is 10.1. The smallest absolute Gasteiger partial charge is 0.253 e. The molecule has 4 nitrogen and oxygen atoms in total. The number of carbonyl (C=O) groups is 2. The number of hydrogen-bond donors (Lipinski definition) is 1. The Hall–Kier alpha value is -3.19. The molecule has 0 atom stereocenters. The molecule has 4 heteroatoms. The number of benzene rings is 1. The van der Waals surface area contributed by atoms with Crippen LogP contribution >= 0.6 is 0 Å². The van der Waals surface area contributed by atoms with Gasteiger partial charge in [-0.25, -0.2) is 0 Å². The number of nitriles is 1. The van der Waals surface area contributed by atoms with E-state index in [0.717, 1.165) is 0 Å². The molecule has 0 radical (unpaired) electrons. The van der Waals surface area contributed by atoms with Crippen molar-refractivity contribution < 1.29 is 9.59 Å². The van der Waals surface area contributed by atoms with Gasteiger partial charge < -0.3 is 0 Å². The highest BCUT2D eigenvalue weighted by Gasteiger charge is 2.08. The zero-order chi connectivity index (χ0) is 17.7. The van der Waals surface area contributed by atoms with Crippen LogP contribution in [0.1, 0.15) is 19.4 Å². The van der Waals surface area contributed by atoms with Crippen LogP contribution in [0.2, 0.25) is 0 Å². The second-order valence-corrected chi connectivity index (χ2v) is 4.52. The number of hydrogen-bond acceptors (Lipinski definition) is 3. The highest BCUT2D eigenvalue weighted by Crippen LogP contribution is 1.97. The van der Waals surface area contributed by atoms with Crippen molar-refractivity contribution in [2.45, 2.75) is 13.8 Å². The molecule has 1 aromatic carbocycles. The van der Waals surface area contributed by atoms with Crippen LogP contribution in [0.25, 0.3) is 6.08 Å². The summed E-state index contributed by atoms with van der Waals surface area (Å²) < 4.78 is 0. The van der Waals surface area contributed by atoms with E-state index in [1.807, 2.05) is 36.4 Å². The topological polar surface area (TPSA) is 70.0 Å². The van der Waals surface area contributed by atoms with Crippen LogP contribution in [0.4, 0.5) is 0 Å². The van der Waals surface area contributed by atoms with Crippen LogP contribution in [0, 0.1) is 11.3 Å². The normalized spacial score (nSPS) is 10.0. The first kappa shape index (κ1) is 19.8.